The fourth-order valence-corrected chi connectivity index (χ4v) is 5.03. The van der Waals surface area contributed by atoms with E-state index < -0.39 is 0 Å². The highest BCUT2D eigenvalue weighted by atomic mass is 32.1. The summed E-state index contributed by atoms with van der Waals surface area (Å²) < 4.78 is 5.09. The second-order valence-corrected chi connectivity index (χ2v) is 9.25. The molecule has 2 N–H and O–H groups in total. The third-order valence-corrected chi connectivity index (χ3v) is 7.00. The van der Waals surface area contributed by atoms with E-state index in [0.29, 0.717) is 35.4 Å². The summed E-state index contributed by atoms with van der Waals surface area (Å²) in [4.78, 5) is 29.3. The van der Waals surface area contributed by atoms with Gasteiger partial charge in [0.15, 0.2) is 0 Å². The highest BCUT2D eigenvalue weighted by Gasteiger charge is 2.36. The van der Waals surface area contributed by atoms with E-state index in [0.717, 1.165) is 43.5 Å². The molecule has 2 heterocycles. The van der Waals surface area contributed by atoms with Crippen molar-refractivity contribution >= 4 is 23.2 Å². The molecule has 0 aromatic carbocycles. The van der Waals surface area contributed by atoms with Gasteiger partial charge in [-0.3, -0.25) is 9.59 Å². The Morgan fingerprint density at radius 1 is 1.21 bits per heavy atom. The summed E-state index contributed by atoms with van der Waals surface area (Å²) in [5.74, 6) is 1.68. The van der Waals surface area contributed by atoms with Gasteiger partial charge in [-0.05, 0) is 64.2 Å². The summed E-state index contributed by atoms with van der Waals surface area (Å²) in [5, 5.41) is 13.1. The average Bonchev–Trinajstić information content (AvgIpc) is 3.33. The van der Waals surface area contributed by atoms with Crippen molar-refractivity contribution in [2.24, 2.45) is 17.8 Å². The normalized spacial score (nSPS) is 22.8. The fourth-order valence-electron chi connectivity index (χ4n) is 4.24. The standard InChI is InChI=1S/C21H28N4O3S/c1-12-17(13(2)28-25-12)20(27)23-11-14-3-5-15(6-4-14)18(21-22-9-10-29-21)24-19(26)16-7-8-16/h9-10,14-16,18H,3-8,11H2,1-2H3,(H,23,27)(H,24,26)/t14?,15?,18-/m1/s1. The van der Waals surface area contributed by atoms with Gasteiger partial charge in [-0.2, -0.15) is 0 Å². The van der Waals surface area contributed by atoms with Crippen LogP contribution in [0.15, 0.2) is 16.1 Å². The first-order chi connectivity index (χ1) is 14.0. The van der Waals surface area contributed by atoms with Gasteiger partial charge in [-0.15, -0.1) is 11.3 Å². The van der Waals surface area contributed by atoms with Gasteiger partial charge in [0.2, 0.25) is 5.91 Å². The molecule has 156 valence electrons. The van der Waals surface area contributed by atoms with E-state index in [1.165, 1.54) is 0 Å². The molecule has 2 aliphatic carbocycles. The maximum Gasteiger partial charge on any atom is 0.256 e. The third-order valence-electron chi connectivity index (χ3n) is 6.14. The molecule has 1 atom stereocenters. The predicted octanol–water partition coefficient (Wildman–Crippen LogP) is 3.55. The molecule has 8 heteroatoms. The van der Waals surface area contributed by atoms with Crippen LogP contribution in [-0.4, -0.2) is 28.5 Å². The van der Waals surface area contributed by atoms with Gasteiger partial charge in [-0.1, -0.05) is 5.16 Å². The smallest absolute Gasteiger partial charge is 0.256 e. The Bertz CT molecular complexity index is 832. The van der Waals surface area contributed by atoms with Crippen LogP contribution >= 0.6 is 11.3 Å². The Morgan fingerprint density at radius 3 is 2.55 bits per heavy atom. The summed E-state index contributed by atoms with van der Waals surface area (Å²) in [6, 6.07) is 0.0148. The Balaban J connectivity index is 1.30. The highest BCUT2D eigenvalue weighted by Crippen LogP contribution is 2.38. The van der Waals surface area contributed by atoms with Crippen molar-refractivity contribution in [1.29, 1.82) is 0 Å². The van der Waals surface area contributed by atoms with E-state index in [-0.39, 0.29) is 23.8 Å². The maximum atomic E-state index is 12.4. The quantitative estimate of drug-likeness (QED) is 0.719. The molecule has 2 amide bonds. The van der Waals surface area contributed by atoms with Crippen LogP contribution in [0.3, 0.4) is 0 Å². The monoisotopic (exact) mass is 416 g/mol. The van der Waals surface area contributed by atoms with E-state index in [4.69, 9.17) is 4.52 Å². The molecule has 2 fully saturated rings. The van der Waals surface area contributed by atoms with Crippen LogP contribution in [0.4, 0.5) is 0 Å². The zero-order valence-corrected chi connectivity index (χ0v) is 17.8. The van der Waals surface area contributed by atoms with Crippen molar-refractivity contribution in [2.45, 2.75) is 58.4 Å². The minimum absolute atomic E-state index is 0.0148. The number of thiazole rings is 1. The molecule has 2 aliphatic rings. The molecular weight excluding hydrogens is 388 g/mol. The van der Waals surface area contributed by atoms with E-state index >= 15 is 0 Å². The SMILES string of the molecule is Cc1noc(C)c1C(=O)NCC1CCC([C@@H](NC(=O)C2CC2)c2nccs2)CC1. The Kier molecular flexibility index (Phi) is 5.99. The summed E-state index contributed by atoms with van der Waals surface area (Å²) in [7, 11) is 0. The van der Waals surface area contributed by atoms with Crippen LogP contribution in [0, 0.1) is 31.6 Å². The lowest BCUT2D eigenvalue weighted by atomic mass is 9.78. The number of rotatable bonds is 7. The van der Waals surface area contributed by atoms with Gasteiger partial charge in [-0.25, -0.2) is 4.98 Å². The van der Waals surface area contributed by atoms with E-state index in [1.807, 2.05) is 11.6 Å². The van der Waals surface area contributed by atoms with Gasteiger partial charge in [0.25, 0.3) is 5.91 Å². The first-order valence-electron chi connectivity index (χ1n) is 10.4. The van der Waals surface area contributed by atoms with Gasteiger partial charge in [0.05, 0.1) is 11.7 Å². The molecule has 0 spiro atoms. The molecule has 0 aliphatic heterocycles. The molecular formula is C21H28N4O3S. The number of aromatic nitrogens is 2. The summed E-state index contributed by atoms with van der Waals surface area (Å²) in [6.45, 7) is 4.20. The van der Waals surface area contributed by atoms with Crippen molar-refractivity contribution < 1.29 is 14.1 Å². The number of carbonyl (C=O) groups excluding carboxylic acids is 2. The third kappa shape index (κ3) is 4.69. The summed E-state index contributed by atoms with van der Waals surface area (Å²) in [6.07, 6.45) is 7.96. The van der Waals surface area contributed by atoms with Crippen LogP contribution < -0.4 is 10.6 Å². The zero-order valence-electron chi connectivity index (χ0n) is 16.9. The van der Waals surface area contributed by atoms with Crippen LogP contribution in [0.25, 0.3) is 0 Å². The molecule has 2 saturated carbocycles. The van der Waals surface area contributed by atoms with E-state index in [9.17, 15) is 9.59 Å². The van der Waals surface area contributed by atoms with E-state index in [1.54, 1.807) is 25.2 Å². The van der Waals surface area contributed by atoms with Crippen molar-refractivity contribution in [2.75, 3.05) is 6.54 Å². The maximum absolute atomic E-state index is 12.4. The van der Waals surface area contributed by atoms with Gasteiger partial charge < -0.3 is 15.2 Å². The predicted molar refractivity (Wildman–Crippen MR) is 109 cm³/mol. The average molecular weight is 417 g/mol. The lowest BCUT2D eigenvalue weighted by Gasteiger charge is -2.33. The van der Waals surface area contributed by atoms with Crippen LogP contribution in [-0.2, 0) is 4.79 Å². The molecule has 0 bridgehead atoms. The first kappa shape index (κ1) is 20.1. The van der Waals surface area contributed by atoms with E-state index in [2.05, 4.69) is 20.8 Å². The largest absolute Gasteiger partial charge is 0.361 e. The lowest BCUT2D eigenvalue weighted by molar-refractivity contribution is -0.123. The number of nitrogens with one attached hydrogen (secondary N) is 2. The number of carbonyl (C=O) groups is 2. The van der Waals surface area contributed by atoms with Crippen LogP contribution in [0.5, 0.6) is 0 Å². The van der Waals surface area contributed by atoms with Crippen LogP contribution in [0.1, 0.15) is 71.4 Å². The first-order valence-corrected chi connectivity index (χ1v) is 11.3. The topological polar surface area (TPSA) is 97.1 Å². The Labute approximate surface area is 174 Å². The Hall–Kier alpha value is -2.22. The molecule has 0 radical (unpaired) electrons. The van der Waals surface area contributed by atoms with Gasteiger partial charge in [0.1, 0.15) is 16.3 Å². The molecule has 7 nitrogen and oxygen atoms in total. The van der Waals surface area contributed by atoms with Crippen molar-refractivity contribution in [3.8, 4) is 0 Å². The number of hydrogen-bond donors (Lipinski definition) is 2. The molecule has 4 rings (SSSR count). The Morgan fingerprint density at radius 2 is 1.97 bits per heavy atom. The number of nitrogens with zero attached hydrogens (tertiary/aromatic N) is 2. The molecule has 0 unspecified atom stereocenters. The molecule has 29 heavy (non-hydrogen) atoms. The lowest BCUT2D eigenvalue weighted by Crippen LogP contribution is -2.37. The second kappa shape index (κ2) is 8.65. The zero-order chi connectivity index (χ0) is 20.4. The molecule has 2 aromatic heterocycles. The number of aryl methyl sites for hydroxylation is 2. The summed E-state index contributed by atoms with van der Waals surface area (Å²) in [5.41, 5.74) is 1.17. The molecule has 0 saturated heterocycles. The van der Waals surface area contributed by atoms with Crippen molar-refractivity contribution in [3.63, 3.8) is 0 Å². The van der Waals surface area contributed by atoms with Gasteiger partial charge in [0, 0.05) is 24.0 Å². The highest BCUT2D eigenvalue weighted by molar-refractivity contribution is 7.09. The van der Waals surface area contributed by atoms with Crippen molar-refractivity contribution in [1.82, 2.24) is 20.8 Å². The number of amides is 2. The summed E-state index contributed by atoms with van der Waals surface area (Å²) >= 11 is 1.62. The minimum Gasteiger partial charge on any atom is -0.361 e. The molecule has 2 aromatic rings. The number of hydrogen-bond acceptors (Lipinski definition) is 6. The van der Waals surface area contributed by atoms with Gasteiger partial charge >= 0.3 is 0 Å². The minimum atomic E-state index is -0.110. The van der Waals surface area contributed by atoms with Crippen LogP contribution in [0.2, 0.25) is 0 Å². The fraction of sp³-hybridized carbons (Fsp3) is 0.619. The second-order valence-electron chi connectivity index (χ2n) is 8.32. The van der Waals surface area contributed by atoms with Crippen molar-refractivity contribution in [3.05, 3.63) is 33.6 Å².